The van der Waals surface area contributed by atoms with Crippen molar-refractivity contribution in [2.45, 2.75) is 12.5 Å². The summed E-state index contributed by atoms with van der Waals surface area (Å²) in [5.41, 5.74) is 3.82. The normalized spacial score (nSPS) is 15.7. The zero-order chi connectivity index (χ0) is 25.2. The Morgan fingerprint density at radius 3 is 2.75 bits per heavy atom. The van der Waals surface area contributed by atoms with E-state index in [4.69, 9.17) is 14.5 Å². The van der Waals surface area contributed by atoms with E-state index in [9.17, 15) is 4.79 Å². The number of aromatic amines is 1. The summed E-state index contributed by atoms with van der Waals surface area (Å²) in [4.78, 5) is 29.6. The van der Waals surface area contributed by atoms with Gasteiger partial charge in [0.15, 0.2) is 0 Å². The van der Waals surface area contributed by atoms with E-state index in [1.165, 1.54) is 0 Å². The van der Waals surface area contributed by atoms with Gasteiger partial charge in [-0.15, -0.1) is 0 Å². The number of hydrogen-bond acceptors (Lipinski definition) is 7. The van der Waals surface area contributed by atoms with E-state index in [-0.39, 0.29) is 11.9 Å². The molecule has 1 aliphatic rings. The molecule has 5 rings (SSSR count). The largest absolute Gasteiger partial charge is 0.497 e. The van der Waals surface area contributed by atoms with Crippen LogP contribution in [0.1, 0.15) is 16.8 Å². The van der Waals surface area contributed by atoms with Crippen molar-refractivity contribution < 1.29 is 14.3 Å². The number of anilines is 2. The highest BCUT2D eigenvalue weighted by Gasteiger charge is 2.27. The zero-order valence-electron chi connectivity index (χ0n) is 20.9. The number of aromatic nitrogens is 3. The molecule has 0 aliphatic carbocycles. The first kappa shape index (κ1) is 23.6. The van der Waals surface area contributed by atoms with Crippen LogP contribution in [-0.2, 0) is 0 Å². The molecule has 186 valence electrons. The van der Waals surface area contributed by atoms with Crippen molar-refractivity contribution in [3.63, 3.8) is 0 Å². The number of amides is 1. The van der Waals surface area contributed by atoms with Gasteiger partial charge in [0.2, 0.25) is 0 Å². The fourth-order valence-electron chi connectivity index (χ4n) is 4.59. The fourth-order valence-corrected chi connectivity index (χ4v) is 4.59. The molecule has 3 heterocycles. The predicted molar refractivity (Wildman–Crippen MR) is 140 cm³/mol. The van der Waals surface area contributed by atoms with Crippen LogP contribution in [0.25, 0.3) is 22.3 Å². The first-order valence-electron chi connectivity index (χ1n) is 11.8. The molecular formula is C27H30N6O3. The molecule has 0 bridgehead atoms. The van der Waals surface area contributed by atoms with Gasteiger partial charge in [-0.3, -0.25) is 9.78 Å². The monoisotopic (exact) mass is 486 g/mol. The van der Waals surface area contributed by atoms with Crippen LogP contribution in [0.5, 0.6) is 11.5 Å². The number of hydrogen-bond donors (Lipinski definition) is 2. The number of nitrogens with one attached hydrogen (secondary N) is 2. The van der Waals surface area contributed by atoms with Crippen LogP contribution in [0.3, 0.4) is 0 Å². The van der Waals surface area contributed by atoms with E-state index in [1.54, 1.807) is 32.7 Å². The van der Waals surface area contributed by atoms with Crippen LogP contribution in [0, 0.1) is 0 Å². The number of H-pyrrole nitrogens is 1. The van der Waals surface area contributed by atoms with Gasteiger partial charge >= 0.3 is 0 Å². The lowest BCUT2D eigenvalue weighted by Gasteiger charge is -2.25. The van der Waals surface area contributed by atoms with E-state index < -0.39 is 0 Å². The summed E-state index contributed by atoms with van der Waals surface area (Å²) in [6, 6.07) is 13.5. The summed E-state index contributed by atoms with van der Waals surface area (Å²) in [7, 11) is 7.19. The maximum absolute atomic E-state index is 13.1. The Morgan fingerprint density at radius 2 is 2.00 bits per heavy atom. The number of likely N-dealkylation sites (tertiary alicyclic amines) is 1. The van der Waals surface area contributed by atoms with Crippen LogP contribution in [0.4, 0.5) is 11.5 Å². The average molecular weight is 487 g/mol. The van der Waals surface area contributed by atoms with Gasteiger partial charge in [0.1, 0.15) is 23.0 Å². The molecule has 4 aromatic rings. The molecule has 1 atom stereocenters. The summed E-state index contributed by atoms with van der Waals surface area (Å²) < 4.78 is 10.9. The highest BCUT2D eigenvalue weighted by Crippen LogP contribution is 2.30. The van der Waals surface area contributed by atoms with Gasteiger partial charge in [0.05, 0.1) is 38.0 Å². The van der Waals surface area contributed by atoms with Crippen LogP contribution >= 0.6 is 0 Å². The molecule has 1 unspecified atom stereocenters. The van der Waals surface area contributed by atoms with Gasteiger partial charge < -0.3 is 29.6 Å². The molecule has 9 nitrogen and oxygen atoms in total. The van der Waals surface area contributed by atoms with Gasteiger partial charge in [0.25, 0.3) is 5.91 Å². The standard InChI is InChI=1S/C27H30N6O3/c1-32-10-9-19(16-32)33(2)27(34)17-5-7-22(25(13-17)36-4)30-26-15-28-14-24(31-26)23-12-18-11-20(35-3)6-8-21(18)29-23/h5-8,11-15,19,29H,9-10,16H2,1-4H3,(H,30,31). The molecule has 0 spiro atoms. The first-order chi connectivity index (χ1) is 17.4. The number of fused-ring (bicyclic) bond motifs is 1. The highest BCUT2D eigenvalue weighted by molar-refractivity contribution is 5.95. The second-order valence-corrected chi connectivity index (χ2v) is 9.09. The highest BCUT2D eigenvalue weighted by atomic mass is 16.5. The number of benzene rings is 2. The summed E-state index contributed by atoms with van der Waals surface area (Å²) >= 11 is 0. The molecule has 1 saturated heterocycles. The van der Waals surface area contributed by atoms with Crippen molar-refractivity contribution in [3.05, 3.63) is 60.4 Å². The number of ether oxygens (including phenoxy) is 2. The lowest BCUT2D eigenvalue weighted by atomic mass is 10.1. The van der Waals surface area contributed by atoms with Gasteiger partial charge in [-0.25, -0.2) is 4.98 Å². The Kier molecular flexibility index (Phi) is 6.47. The smallest absolute Gasteiger partial charge is 0.254 e. The van der Waals surface area contributed by atoms with Crippen LogP contribution < -0.4 is 14.8 Å². The molecule has 0 radical (unpaired) electrons. The second-order valence-electron chi connectivity index (χ2n) is 9.09. The number of methoxy groups -OCH3 is 2. The molecular weight excluding hydrogens is 456 g/mol. The Labute approximate surface area is 210 Å². The lowest BCUT2D eigenvalue weighted by molar-refractivity contribution is 0.0737. The van der Waals surface area contributed by atoms with Crippen molar-refractivity contribution in [1.29, 1.82) is 0 Å². The molecule has 9 heteroatoms. The van der Waals surface area contributed by atoms with Gasteiger partial charge in [-0.1, -0.05) is 0 Å². The maximum Gasteiger partial charge on any atom is 0.254 e. The third-order valence-corrected chi connectivity index (χ3v) is 6.68. The number of rotatable bonds is 7. The van der Waals surface area contributed by atoms with Crippen molar-refractivity contribution >= 4 is 28.3 Å². The third-order valence-electron chi connectivity index (χ3n) is 6.68. The summed E-state index contributed by atoms with van der Waals surface area (Å²) in [5, 5.41) is 4.31. The average Bonchev–Trinajstić information content (AvgIpc) is 3.54. The van der Waals surface area contributed by atoms with E-state index >= 15 is 0 Å². The Hall–Kier alpha value is -4.11. The van der Waals surface area contributed by atoms with Crippen LogP contribution in [0.2, 0.25) is 0 Å². The molecule has 1 amide bonds. The number of carbonyl (C=O) groups excluding carboxylic acids is 1. The quantitative estimate of drug-likeness (QED) is 0.405. The van der Waals surface area contributed by atoms with Crippen molar-refractivity contribution in [1.82, 2.24) is 24.8 Å². The van der Waals surface area contributed by atoms with Crippen LogP contribution in [0.15, 0.2) is 54.9 Å². The zero-order valence-corrected chi connectivity index (χ0v) is 20.9. The molecule has 36 heavy (non-hydrogen) atoms. The van der Waals surface area contributed by atoms with E-state index in [2.05, 4.69) is 27.2 Å². The number of nitrogens with zero attached hydrogens (tertiary/aromatic N) is 4. The van der Waals surface area contributed by atoms with Gasteiger partial charge in [-0.2, -0.15) is 0 Å². The Morgan fingerprint density at radius 1 is 1.14 bits per heavy atom. The van der Waals surface area contributed by atoms with Crippen molar-refractivity contribution in [2.24, 2.45) is 0 Å². The van der Waals surface area contributed by atoms with Crippen LogP contribution in [-0.4, -0.2) is 78.1 Å². The van der Waals surface area contributed by atoms with Gasteiger partial charge in [0, 0.05) is 36.1 Å². The third kappa shape index (κ3) is 4.70. The summed E-state index contributed by atoms with van der Waals surface area (Å²) in [5.74, 6) is 1.90. The minimum atomic E-state index is -0.0163. The molecule has 2 aromatic carbocycles. The number of carbonyl (C=O) groups is 1. The minimum Gasteiger partial charge on any atom is -0.497 e. The maximum atomic E-state index is 13.1. The van der Waals surface area contributed by atoms with Crippen molar-refractivity contribution in [3.8, 4) is 22.9 Å². The minimum absolute atomic E-state index is 0.0163. The molecule has 1 fully saturated rings. The Balaban J connectivity index is 1.36. The summed E-state index contributed by atoms with van der Waals surface area (Å²) in [6.45, 7) is 1.89. The van der Waals surface area contributed by atoms with Gasteiger partial charge in [-0.05, 0) is 62.5 Å². The van der Waals surface area contributed by atoms with Crippen molar-refractivity contribution in [2.75, 3.05) is 46.7 Å². The SMILES string of the molecule is COc1ccc2[nH]c(-c3cncc(Nc4ccc(C(=O)N(C)C5CCN(C)C5)cc4OC)n3)cc2c1. The Bertz CT molecular complexity index is 1400. The van der Waals surface area contributed by atoms with E-state index in [0.717, 1.165) is 41.9 Å². The lowest BCUT2D eigenvalue weighted by Crippen LogP contribution is -2.38. The molecule has 2 N–H and O–H groups in total. The second kappa shape index (κ2) is 9.87. The molecule has 1 aliphatic heterocycles. The molecule has 2 aromatic heterocycles. The first-order valence-corrected chi connectivity index (χ1v) is 11.8. The fraction of sp³-hybridized carbons (Fsp3) is 0.296. The van der Waals surface area contributed by atoms with E-state index in [0.29, 0.717) is 28.5 Å². The summed E-state index contributed by atoms with van der Waals surface area (Å²) in [6.07, 6.45) is 4.34. The number of likely N-dealkylation sites (N-methyl/N-ethyl adjacent to an activating group) is 2. The molecule has 0 saturated carbocycles. The predicted octanol–water partition coefficient (Wildman–Crippen LogP) is 4.16. The topological polar surface area (TPSA) is 95.6 Å². The van der Waals surface area contributed by atoms with E-state index in [1.807, 2.05) is 48.3 Å².